The Morgan fingerprint density at radius 2 is 0.413 bits per heavy atom. The molecule has 0 atom stereocenters. The molecule has 0 amide bonds. The van der Waals surface area contributed by atoms with E-state index in [4.69, 9.17) is 0 Å². The van der Waals surface area contributed by atoms with Gasteiger partial charge in [0.2, 0.25) is 0 Å². The van der Waals surface area contributed by atoms with Gasteiger partial charge in [-0.15, -0.1) is 0 Å². The van der Waals surface area contributed by atoms with E-state index in [-0.39, 0.29) is 43.3 Å². The minimum Gasteiger partial charge on any atom is -0.0876 e. The average molecular weight is 1440 g/mol. The highest BCUT2D eigenvalue weighted by Crippen LogP contribution is 2.38. The Morgan fingerprint density at radius 1 is 0.221 bits per heavy atom. The topological polar surface area (TPSA) is 0 Å². The molecule has 0 aromatic heterocycles. The van der Waals surface area contributed by atoms with Crippen LogP contribution in [0.5, 0.6) is 0 Å². The maximum Gasteiger partial charge on any atom is 0.0283 e. The maximum absolute atomic E-state index is 3.97. The van der Waals surface area contributed by atoms with E-state index in [1.165, 1.54) is 72.3 Å². The van der Waals surface area contributed by atoms with Crippen molar-refractivity contribution in [2.75, 3.05) is 0 Å². The fraction of sp³-hybridized carbons (Fsp3) is 0.320. The first-order valence-corrected chi connectivity index (χ1v) is 38.8. The van der Waals surface area contributed by atoms with Crippen LogP contribution < -0.4 is 0 Å². The molecule has 0 saturated carbocycles. The number of benzene rings is 9. The van der Waals surface area contributed by atoms with E-state index >= 15 is 0 Å². The Kier molecular flexibility index (Phi) is 24.5. The number of allylic oxidation sites excluding steroid dienone is 4. The number of hydrogen-bond acceptors (Lipinski definition) is 0. The molecule has 0 nitrogen and oxygen atoms in total. The average Bonchev–Trinajstić information content (AvgIpc) is 0.822. The van der Waals surface area contributed by atoms with Crippen molar-refractivity contribution in [1.29, 1.82) is 0 Å². The molecule has 104 heavy (non-hydrogen) atoms. The molecule has 0 spiro atoms. The van der Waals surface area contributed by atoms with Gasteiger partial charge < -0.3 is 0 Å². The van der Waals surface area contributed by atoms with Crippen LogP contribution >= 0.6 is 15.9 Å². The van der Waals surface area contributed by atoms with Crippen LogP contribution in [0, 0.1) is 0 Å². The fourth-order valence-electron chi connectivity index (χ4n) is 12.6. The van der Waals surface area contributed by atoms with Crippen molar-refractivity contribution in [3.63, 3.8) is 0 Å². The van der Waals surface area contributed by atoms with Gasteiger partial charge in [0.05, 0.1) is 0 Å². The highest BCUT2D eigenvalue weighted by atomic mass is 79.9. The van der Waals surface area contributed by atoms with Crippen LogP contribution in [-0.4, -0.2) is 0 Å². The molecule has 0 aliphatic rings. The van der Waals surface area contributed by atoms with Crippen molar-refractivity contribution in [1.82, 2.24) is 0 Å². The summed E-state index contributed by atoms with van der Waals surface area (Å²) in [4.78, 5) is 0. The summed E-state index contributed by atoms with van der Waals surface area (Å²) in [7, 11) is 0. The number of hydrogen-bond donors (Lipinski definition) is 0. The van der Waals surface area contributed by atoms with Gasteiger partial charge in [0, 0.05) is 5.33 Å². The lowest BCUT2D eigenvalue weighted by molar-refractivity contribution is 0.568. The maximum atomic E-state index is 3.97. The van der Waals surface area contributed by atoms with Crippen LogP contribution in [0.4, 0.5) is 0 Å². The van der Waals surface area contributed by atoms with Crippen LogP contribution in [0.3, 0.4) is 0 Å². The second kappa shape index (κ2) is 32.0. The van der Waals surface area contributed by atoms with Crippen LogP contribution in [0.1, 0.15) is 294 Å². The molecular weight excluding hydrogens is 1320 g/mol. The highest BCUT2D eigenvalue weighted by Gasteiger charge is 2.25. The van der Waals surface area contributed by atoms with Gasteiger partial charge in [0.1, 0.15) is 0 Å². The van der Waals surface area contributed by atoms with Crippen LogP contribution in [0.15, 0.2) is 200 Å². The number of alkyl halides is 1. The zero-order chi connectivity index (χ0) is 76.0. The minimum atomic E-state index is 0.00314. The molecular formula is C103H119Br. The highest BCUT2D eigenvalue weighted by molar-refractivity contribution is 9.08. The van der Waals surface area contributed by atoms with Crippen molar-refractivity contribution in [2.24, 2.45) is 0 Å². The molecule has 0 N–H and O–H groups in total. The third-order valence-corrected chi connectivity index (χ3v) is 20.2. The molecule has 0 aliphatic heterocycles. The summed E-state index contributed by atoms with van der Waals surface area (Å²) in [6, 6.07) is 71.1. The summed E-state index contributed by atoms with van der Waals surface area (Å²) < 4.78 is 0. The van der Waals surface area contributed by atoms with E-state index in [1.54, 1.807) is 0 Å². The minimum absolute atomic E-state index is 0.00314. The van der Waals surface area contributed by atoms with Gasteiger partial charge in [0.25, 0.3) is 0 Å². The van der Waals surface area contributed by atoms with Crippen LogP contribution in [-0.2, 0) is 48.7 Å². The fourth-order valence-corrected chi connectivity index (χ4v) is 12.9. The van der Waals surface area contributed by atoms with Gasteiger partial charge in [0.15, 0.2) is 0 Å². The molecule has 0 bridgehead atoms. The smallest absolute Gasteiger partial charge is 0.0283 e. The second-order valence-corrected chi connectivity index (χ2v) is 37.9. The largest absolute Gasteiger partial charge is 0.0876 e. The summed E-state index contributed by atoms with van der Waals surface area (Å²) in [5.41, 5.74) is 30.2. The normalized spacial score (nSPS) is 13.7. The molecule has 0 saturated heterocycles. The second-order valence-electron chi connectivity index (χ2n) is 37.3. The lowest BCUT2D eigenvalue weighted by Crippen LogP contribution is -2.16. The van der Waals surface area contributed by atoms with Crippen LogP contribution in [0.25, 0.3) is 84.1 Å². The Labute approximate surface area is 638 Å². The van der Waals surface area contributed by atoms with E-state index in [0.29, 0.717) is 5.33 Å². The molecule has 0 aliphatic carbocycles. The van der Waals surface area contributed by atoms with Crippen molar-refractivity contribution in [3.8, 4) is 0 Å². The van der Waals surface area contributed by atoms with Gasteiger partial charge in [-0.25, -0.2) is 0 Å². The number of halogens is 1. The van der Waals surface area contributed by atoms with Crippen molar-refractivity contribution in [2.45, 2.75) is 215 Å². The Morgan fingerprint density at radius 3 is 0.606 bits per heavy atom. The molecule has 0 fully saturated rings. The van der Waals surface area contributed by atoms with E-state index in [2.05, 4.69) is 455 Å². The summed E-state index contributed by atoms with van der Waals surface area (Å²) in [6.07, 6.45) is 32.4. The summed E-state index contributed by atoms with van der Waals surface area (Å²) in [5, 5.41) is 0.685. The summed E-state index contributed by atoms with van der Waals surface area (Å²) in [5.74, 6) is 0. The van der Waals surface area contributed by atoms with Crippen molar-refractivity contribution < 1.29 is 0 Å². The lowest BCUT2D eigenvalue weighted by atomic mass is 9.79. The lowest BCUT2D eigenvalue weighted by Gasteiger charge is -2.25. The zero-order valence-corrected chi connectivity index (χ0v) is 69.2. The molecule has 0 heterocycles. The molecule has 538 valence electrons. The Balaban J connectivity index is 1.19. The van der Waals surface area contributed by atoms with E-state index in [1.807, 2.05) is 0 Å². The van der Waals surface area contributed by atoms with Gasteiger partial charge in [-0.3, -0.25) is 0 Å². The predicted octanol–water partition coefficient (Wildman–Crippen LogP) is 30.2. The Bertz CT molecular complexity index is 4130. The first-order valence-electron chi connectivity index (χ1n) is 37.7. The standard InChI is InChI=1S/C103H119Br/c1-96(2,3)88-57-79(58-89(66-88)97(4,5)6)39-35-73-47-74(36-40-80-59-90(98(7,8)9)67-91(60-80)99(10,11)12)50-77(49-73)43-45-84(53-71-31-27-25-28-32-71)86-55-83(70-104)56-87(65-86)85(54-72-33-29-26-30-34-72)46-44-78-51-75(37-41-81-61-92(100(13,14)15)68-93(62-81)101(16,17)18)48-76(52-78)38-42-82-63-94(102(19,20)21)69-95(64-82)103(22,23)24/h25-69H,70H2,1-24H3. The van der Waals surface area contributed by atoms with Gasteiger partial charge in [-0.2, -0.15) is 0 Å². The molecule has 0 unspecified atom stereocenters. The predicted molar refractivity (Wildman–Crippen MR) is 470 cm³/mol. The van der Waals surface area contributed by atoms with Crippen molar-refractivity contribution in [3.05, 3.63) is 328 Å². The molecule has 9 aromatic rings. The zero-order valence-electron chi connectivity index (χ0n) is 67.6. The third kappa shape index (κ3) is 22.7. The molecule has 0 radical (unpaired) electrons. The molecule has 9 aromatic carbocycles. The van der Waals surface area contributed by atoms with Gasteiger partial charge in [-0.05, 0) is 237 Å². The summed E-state index contributed by atoms with van der Waals surface area (Å²) in [6.45, 7) is 55.5. The SMILES string of the molecule is CC(C)(C)c1cc(C=Cc2cc(C=CC(=Cc3ccccc3)c3cc(CBr)cc(C(C=Cc4cc(C=Cc5cc(C(C)(C)C)cc(C(C)(C)C)c5)cc(C=Cc5cc(C(C)(C)C)cc(C(C)(C)C)c5)c4)=Cc4ccccc4)c3)cc(C=Cc3cc(C(C)(C)C)cc(C(C)(C)C)c3)c2)cc(C(C)(C)C)c1. The third-order valence-electron chi connectivity index (χ3n) is 19.6. The number of rotatable bonds is 17. The first kappa shape index (κ1) is 79.5. The van der Waals surface area contributed by atoms with E-state index in [0.717, 1.165) is 66.8 Å². The Hall–Kier alpha value is -8.62. The molecule has 1 heteroatoms. The molecule has 9 rings (SSSR count). The quantitative estimate of drug-likeness (QED) is 0.0484. The summed E-state index contributed by atoms with van der Waals surface area (Å²) >= 11 is 3.97. The van der Waals surface area contributed by atoms with E-state index in [9.17, 15) is 0 Å². The van der Waals surface area contributed by atoms with E-state index < -0.39 is 0 Å². The van der Waals surface area contributed by atoms with Gasteiger partial charge in [-0.1, -0.05) is 401 Å². The van der Waals surface area contributed by atoms with Crippen LogP contribution in [0.2, 0.25) is 0 Å². The monoisotopic (exact) mass is 1430 g/mol. The first-order chi connectivity index (χ1) is 48.4. The van der Waals surface area contributed by atoms with Crippen molar-refractivity contribution >= 4 is 100.0 Å². The van der Waals surface area contributed by atoms with Gasteiger partial charge >= 0.3 is 0 Å².